The summed E-state index contributed by atoms with van der Waals surface area (Å²) in [6.45, 7) is 2.60. The molecule has 0 aliphatic heterocycles. The topological polar surface area (TPSA) is 88.8 Å². The van der Waals surface area contributed by atoms with Gasteiger partial charge in [0.15, 0.2) is 0 Å². The zero-order chi connectivity index (χ0) is 15.2. The molecule has 1 aliphatic rings. The highest BCUT2D eigenvalue weighted by Gasteiger charge is 2.20. The van der Waals surface area contributed by atoms with Crippen LogP contribution in [-0.2, 0) is 16.0 Å². The van der Waals surface area contributed by atoms with E-state index in [1.807, 2.05) is 0 Å². The van der Waals surface area contributed by atoms with E-state index in [4.69, 9.17) is 14.3 Å². The average Bonchev–Trinajstić information content (AvgIpc) is 3.04. The van der Waals surface area contributed by atoms with Gasteiger partial charge in [-0.25, -0.2) is 0 Å². The summed E-state index contributed by atoms with van der Waals surface area (Å²) in [5.41, 5.74) is 0.957. The van der Waals surface area contributed by atoms with Gasteiger partial charge < -0.3 is 19.6 Å². The van der Waals surface area contributed by atoms with Crippen LogP contribution in [0.2, 0.25) is 0 Å². The quantitative estimate of drug-likeness (QED) is 0.750. The van der Waals surface area contributed by atoms with Gasteiger partial charge in [0.25, 0.3) is 5.91 Å². The summed E-state index contributed by atoms with van der Waals surface area (Å²) < 4.78 is 10.8. The molecular weight excluding hydrogens is 274 g/mol. The second-order valence-electron chi connectivity index (χ2n) is 5.32. The number of carbonyl (C=O) groups excluding carboxylic acids is 1. The maximum atomic E-state index is 12.1. The summed E-state index contributed by atoms with van der Waals surface area (Å²) in [6, 6.07) is 0. The fourth-order valence-electron chi connectivity index (χ4n) is 2.60. The van der Waals surface area contributed by atoms with Crippen molar-refractivity contribution in [2.24, 2.45) is 0 Å². The Balaban J connectivity index is 1.82. The summed E-state index contributed by atoms with van der Waals surface area (Å²) in [7, 11) is 0. The molecule has 0 saturated heterocycles. The number of aryl methyl sites for hydroxylation is 1. The van der Waals surface area contributed by atoms with Crippen molar-refractivity contribution in [3.05, 3.63) is 23.2 Å². The third-order valence-electron chi connectivity index (χ3n) is 3.63. The molecule has 116 valence electrons. The van der Waals surface area contributed by atoms with E-state index in [9.17, 15) is 9.59 Å². The summed E-state index contributed by atoms with van der Waals surface area (Å²) >= 11 is 0. The average molecular weight is 295 g/mol. The SMILES string of the molecule is Cc1coc(CC(=O)O)c1C(=O)NCCOC1CCCC1. The Morgan fingerprint density at radius 1 is 1.43 bits per heavy atom. The predicted molar refractivity (Wildman–Crippen MR) is 75.3 cm³/mol. The van der Waals surface area contributed by atoms with E-state index in [0.717, 1.165) is 12.8 Å². The molecular formula is C15H21NO5. The standard InChI is InChI=1S/C15H21NO5/c1-10-9-21-12(8-13(17)18)14(10)15(19)16-6-7-20-11-4-2-3-5-11/h9,11H,2-8H2,1H3,(H,16,19)(H,17,18). The molecule has 1 saturated carbocycles. The Bertz CT molecular complexity index is 502. The van der Waals surface area contributed by atoms with Crippen molar-refractivity contribution in [2.75, 3.05) is 13.2 Å². The van der Waals surface area contributed by atoms with Gasteiger partial charge in [0, 0.05) is 12.1 Å². The van der Waals surface area contributed by atoms with Gasteiger partial charge in [-0.2, -0.15) is 0 Å². The molecule has 1 aliphatic carbocycles. The number of rotatable bonds is 7. The van der Waals surface area contributed by atoms with E-state index in [2.05, 4.69) is 5.32 Å². The third kappa shape index (κ3) is 4.32. The van der Waals surface area contributed by atoms with Crippen molar-refractivity contribution in [3.8, 4) is 0 Å². The molecule has 0 aromatic carbocycles. The van der Waals surface area contributed by atoms with Crippen LogP contribution in [0.3, 0.4) is 0 Å². The Labute approximate surface area is 123 Å². The Kier molecular flexibility index (Phi) is 5.38. The maximum Gasteiger partial charge on any atom is 0.311 e. The van der Waals surface area contributed by atoms with E-state index in [-0.39, 0.29) is 18.1 Å². The van der Waals surface area contributed by atoms with E-state index >= 15 is 0 Å². The number of carboxylic acid groups (broad SMARTS) is 1. The molecule has 6 nitrogen and oxygen atoms in total. The van der Waals surface area contributed by atoms with Crippen LogP contribution in [-0.4, -0.2) is 36.2 Å². The number of hydrogen-bond donors (Lipinski definition) is 2. The highest BCUT2D eigenvalue weighted by molar-refractivity contribution is 5.97. The Morgan fingerprint density at radius 2 is 2.14 bits per heavy atom. The predicted octanol–water partition coefficient (Wildman–Crippen LogP) is 1.90. The highest BCUT2D eigenvalue weighted by Crippen LogP contribution is 2.20. The second-order valence-corrected chi connectivity index (χ2v) is 5.32. The van der Waals surface area contributed by atoms with Crippen LogP contribution in [0.1, 0.15) is 47.4 Å². The first kappa shape index (κ1) is 15.6. The largest absolute Gasteiger partial charge is 0.481 e. The summed E-state index contributed by atoms with van der Waals surface area (Å²) in [6.07, 6.45) is 6.04. The van der Waals surface area contributed by atoms with Gasteiger partial charge in [0.1, 0.15) is 12.2 Å². The van der Waals surface area contributed by atoms with E-state index in [1.165, 1.54) is 19.1 Å². The van der Waals surface area contributed by atoms with E-state index in [0.29, 0.717) is 30.4 Å². The van der Waals surface area contributed by atoms with E-state index < -0.39 is 5.97 Å². The first-order valence-electron chi connectivity index (χ1n) is 7.26. The van der Waals surface area contributed by atoms with Crippen molar-refractivity contribution < 1.29 is 23.8 Å². The minimum Gasteiger partial charge on any atom is -0.481 e. The number of furan rings is 1. The monoisotopic (exact) mass is 295 g/mol. The second kappa shape index (κ2) is 7.26. The number of ether oxygens (including phenoxy) is 1. The van der Waals surface area contributed by atoms with Gasteiger partial charge in [-0.1, -0.05) is 12.8 Å². The van der Waals surface area contributed by atoms with Crippen molar-refractivity contribution in [1.82, 2.24) is 5.32 Å². The number of hydrogen-bond acceptors (Lipinski definition) is 4. The van der Waals surface area contributed by atoms with Crippen molar-refractivity contribution in [3.63, 3.8) is 0 Å². The lowest BCUT2D eigenvalue weighted by Gasteiger charge is -2.11. The van der Waals surface area contributed by atoms with Gasteiger partial charge in [-0.3, -0.25) is 9.59 Å². The minimum absolute atomic E-state index is 0.189. The number of carbonyl (C=O) groups is 2. The van der Waals surface area contributed by atoms with Crippen LogP contribution >= 0.6 is 0 Å². The molecule has 0 atom stereocenters. The molecule has 2 N–H and O–H groups in total. The number of nitrogens with one attached hydrogen (secondary N) is 1. The Hall–Kier alpha value is -1.82. The minimum atomic E-state index is -1.03. The first-order chi connectivity index (χ1) is 10.1. The molecule has 0 bridgehead atoms. The van der Waals surface area contributed by atoms with Crippen LogP contribution in [0.25, 0.3) is 0 Å². The molecule has 0 unspecified atom stereocenters. The summed E-state index contributed by atoms with van der Waals surface area (Å²) in [5, 5.41) is 11.6. The first-order valence-corrected chi connectivity index (χ1v) is 7.26. The van der Waals surface area contributed by atoms with Crippen LogP contribution in [0, 0.1) is 6.92 Å². The van der Waals surface area contributed by atoms with Crippen LogP contribution in [0.15, 0.2) is 10.7 Å². The molecule has 21 heavy (non-hydrogen) atoms. The van der Waals surface area contributed by atoms with E-state index in [1.54, 1.807) is 6.92 Å². The highest BCUT2D eigenvalue weighted by atomic mass is 16.5. The molecule has 2 rings (SSSR count). The fourth-order valence-corrected chi connectivity index (χ4v) is 2.60. The van der Waals surface area contributed by atoms with Gasteiger partial charge >= 0.3 is 5.97 Å². The zero-order valence-corrected chi connectivity index (χ0v) is 12.2. The van der Waals surface area contributed by atoms with Gasteiger partial charge in [-0.15, -0.1) is 0 Å². The fraction of sp³-hybridized carbons (Fsp3) is 0.600. The molecule has 1 aromatic heterocycles. The summed E-state index contributed by atoms with van der Waals surface area (Å²) in [5.74, 6) is -1.15. The number of carboxylic acids is 1. The number of aliphatic carboxylic acids is 1. The maximum absolute atomic E-state index is 12.1. The van der Waals surface area contributed by atoms with Gasteiger partial charge in [0.2, 0.25) is 0 Å². The smallest absolute Gasteiger partial charge is 0.311 e. The van der Waals surface area contributed by atoms with Gasteiger partial charge in [-0.05, 0) is 19.8 Å². The van der Waals surface area contributed by atoms with Crippen molar-refractivity contribution in [1.29, 1.82) is 0 Å². The lowest BCUT2D eigenvalue weighted by Crippen LogP contribution is -2.29. The zero-order valence-electron chi connectivity index (χ0n) is 12.2. The van der Waals surface area contributed by atoms with Crippen molar-refractivity contribution >= 4 is 11.9 Å². The molecule has 6 heteroatoms. The lowest BCUT2D eigenvalue weighted by molar-refractivity contribution is -0.136. The Morgan fingerprint density at radius 3 is 2.81 bits per heavy atom. The molecule has 1 heterocycles. The van der Waals surface area contributed by atoms with Crippen LogP contribution in [0.5, 0.6) is 0 Å². The third-order valence-corrected chi connectivity index (χ3v) is 3.63. The molecule has 0 radical (unpaired) electrons. The molecule has 1 fully saturated rings. The van der Waals surface area contributed by atoms with Crippen LogP contribution in [0.4, 0.5) is 0 Å². The normalized spacial score (nSPS) is 15.3. The van der Waals surface area contributed by atoms with Crippen LogP contribution < -0.4 is 5.32 Å². The molecule has 0 spiro atoms. The van der Waals surface area contributed by atoms with Crippen molar-refractivity contribution in [2.45, 2.75) is 45.1 Å². The molecule has 1 aromatic rings. The molecule has 1 amide bonds. The number of amides is 1. The summed E-state index contributed by atoms with van der Waals surface area (Å²) in [4.78, 5) is 22.9. The van der Waals surface area contributed by atoms with Gasteiger partial charge in [0.05, 0.1) is 24.5 Å². The lowest BCUT2D eigenvalue weighted by atomic mass is 10.1.